The smallest absolute Gasteiger partial charge is 0.281 e. The van der Waals surface area contributed by atoms with Crippen molar-refractivity contribution in [3.63, 3.8) is 0 Å². The number of rotatable bonds is 5. The van der Waals surface area contributed by atoms with Crippen LogP contribution in [-0.4, -0.2) is 29.5 Å². The van der Waals surface area contributed by atoms with Crippen LogP contribution in [0.5, 0.6) is 11.6 Å². The minimum Gasteiger partial charge on any atom is -0.438 e. The molecule has 0 radical (unpaired) electrons. The van der Waals surface area contributed by atoms with Crippen LogP contribution >= 0.6 is 0 Å². The first kappa shape index (κ1) is 19.6. The highest BCUT2D eigenvalue weighted by molar-refractivity contribution is 7.90. The lowest BCUT2D eigenvalue weighted by Crippen LogP contribution is -2.31. The molecule has 2 heterocycles. The summed E-state index contributed by atoms with van der Waals surface area (Å²) in [5.41, 5.74) is 3.50. The van der Waals surface area contributed by atoms with Gasteiger partial charge in [-0.1, -0.05) is 17.7 Å². The fourth-order valence-electron chi connectivity index (χ4n) is 2.83. The molecule has 2 N–H and O–H groups in total. The van der Waals surface area contributed by atoms with Gasteiger partial charge in [0.1, 0.15) is 11.3 Å². The van der Waals surface area contributed by atoms with Crippen LogP contribution in [0.2, 0.25) is 0 Å². The van der Waals surface area contributed by atoms with E-state index in [1.165, 1.54) is 18.3 Å². The SMILES string of the molecule is Cc1cc(C)c(Oc2nc(C)ccc2C(=O)NS(=O)(=O)c2ccn[nH]2)c(C)c1. The molecule has 0 saturated heterocycles. The Kier molecular flexibility index (Phi) is 5.19. The first-order chi connectivity index (χ1) is 13.2. The molecule has 0 spiro atoms. The minimum atomic E-state index is -4.09. The van der Waals surface area contributed by atoms with Crippen LogP contribution in [0.15, 0.2) is 41.6 Å². The molecule has 9 heteroatoms. The summed E-state index contributed by atoms with van der Waals surface area (Å²) in [6.45, 7) is 7.53. The van der Waals surface area contributed by atoms with Gasteiger partial charge in [-0.15, -0.1) is 0 Å². The monoisotopic (exact) mass is 400 g/mol. The van der Waals surface area contributed by atoms with E-state index >= 15 is 0 Å². The van der Waals surface area contributed by atoms with Crippen LogP contribution in [0.3, 0.4) is 0 Å². The molecule has 0 fully saturated rings. The zero-order valence-corrected chi connectivity index (χ0v) is 16.7. The number of pyridine rings is 1. The fourth-order valence-corrected chi connectivity index (χ4v) is 3.71. The number of carbonyl (C=O) groups excluding carboxylic acids is 1. The summed E-state index contributed by atoms with van der Waals surface area (Å²) in [4.78, 5) is 16.9. The van der Waals surface area contributed by atoms with Gasteiger partial charge < -0.3 is 4.74 Å². The number of hydrogen-bond acceptors (Lipinski definition) is 6. The number of H-pyrrole nitrogens is 1. The molecule has 0 aliphatic carbocycles. The molecular formula is C19H20N4O4S. The lowest BCUT2D eigenvalue weighted by Gasteiger charge is -2.15. The first-order valence-corrected chi connectivity index (χ1v) is 9.95. The van der Waals surface area contributed by atoms with Gasteiger partial charge in [0, 0.05) is 5.69 Å². The van der Waals surface area contributed by atoms with Gasteiger partial charge >= 0.3 is 0 Å². The molecule has 0 bridgehead atoms. The van der Waals surface area contributed by atoms with Crippen molar-refractivity contribution < 1.29 is 17.9 Å². The first-order valence-electron chi connectivity index (χ1n) is 8.47. The zero-order chi connectivity index (χ0) is 20.5. The third kappa shape index (κ3) is 4.04. The number of aromatic nitrogens is 3. The summed E-state index contributed by atoms with van der Waals surface area (Å²) in [6, 6.07) is 8.26. The molecule has 0 atom stereocenters. The molecule has 2 aromatic heterocycles. The Morgan fingerprint density at radius 1 is 1.07 bits per heavy atom. The number of amides is 1. The maximum atomic E-state index is 12.7. The lowest BCUT2D eigenvalue weighted by molar-refractivity contribution is 0.0978. The quantitative estimate of drug-likeness (QED) is 0.681. The van der Waals surface area contributed by atoms with Crippen molar-refractivity contribution in [1.29, 1.82) is 0 Å². The van der Waals surface area contributed by atoms with Crippen LogP contribution in [0.25, 0.3) is 0 Å². The van der Waals surface area contributed by atoms with E-state index in [1.54, 1.807) is 13.0 Å². The fraction of sp³-hybridized carbons (Fsp3) is 0.211. The molecule has 0 aliphatic heterocycles. The Balaban J connectivity index is 1.97. The van der Waals surface area contributed by atoms with Gasteiger partial charge in [0.2, 0.25) is 5.88 Å². The third-order valence-corrected chi connectivity index (χ3v) is 5.30. The summed E-state index contributed by atoms with van der Waals surface area (Å²) < 4.78 is 32.5. The number of aromatic amines is 1. The van der Waals surface area contributed by atoms with Gasteiger partial charge in [0.25, 0.3) is 15.9 Å². The molecular weight excluding hydrogens is 380 g/mol. The second-order valence-corrected chi connectivity index (χ2v) is 8.14. The average molecular weight is 400 g/mol. The third-order valence-electron chi connectivity index (χ3n) is 4.04. The van der Waals surface area contributed by atoms with E-state index in [9.17, 15) is 13.2 Å². The van der Waals surface area contributed by atoms with Crippen molar-refractivity contribution in [3.8, 4) is 11.6 Å². The Morgan fingerprint density at radius 3 is 2.36 bits per heavy atom. The van der Waals surface area contributed by atoms with Crippen molar-refractivity contribution in [1.82, 2.24) is 19.9 Å². The maximum Gasteiger partial charge on any atom is 0.281 e. The summed E-state index contributed by atoms with van der Waals surface area (Å²) in [6.07, 6.45) is 1.28. The van der Waals surface area contributed by atoms with Gasteiger partial charge in [-0.25, -0.2) is 9.71 Å². The summed E-state index contributed by atoms with van der Waals surface area (Å²) >= 11 is 0. The molecule has 8 nitrogen and oxygen atoms in total. The van der Waals surface area contributed by atoms with Gasteiger partial charge in [-0.2, -0.15) is 13.5 Å². The largest absolute Gasteiger partial charge is 0.438 e. The molecule has 0 saturated carbocycles. The van der Waals surface area contributed by atoms with E-state index in [0.717, 1.165) is 16.7 Å². The standard InChI is InChI=1S/C19H20N4O4S/c1-11-9-12(2)17(13(3)10-11)27-19-15(6-5-14(4)21-19)18(24)23-28(25,26)16-7-8-20-22-16/h5-10H,1-4H3,(H,20,22)(H,23,24). The normalized spacial score (nSPS) is 11.3. The number of hydrogen-bond donors (Lipinski definition) is 2. The van der Waals surface area contributed by atoms with Gasteiger partial charge in [-0.05, 0) is 57.0 Å². The number of nitrogens with zero attached hydrogens (tertiary/aromatic N) is 2. The maximum absolute atomic E-state index is 12.7. The predicted octanol–water partition coefficient (Wildman–Crippen LogP) is 2.95. The van der Waals surface area contributed by atoms with Crippen LogP contribution in [0.4, 0.5) is 0 Å². The van der Waals surface area contributed by atoms with Crippen LogP contribution < -0.4 is 9.46 Å². The second kappa shape index (κ2) is 7.43. The summed E-state index contributed by atoms with van der Waals surface area (Å²) in [5.74, 6) is -0.235. The number of sulfonamides is 1. The summed E-state index contributed by atoms with van der Waals surface area (Å²) in [7, 11) is -4.09. The van der Waals surface area contributed by atoms with Crippen LogP contribution in [0.1, 0.15) is 32.7 Å². The van der Waals surface area contributed by atoms with Gasteiger partial charge in [0.15, 0.2) is 5.03 Å². The van der Waals surface area contributed by atoms with Crippen molar-refractivity contribution in [2.24, 2.45) is 0 Å². The van der Waals surface area contributed by atoms with Gasteiger partial charge in [-0.3, -0.25) is 9.89 Å². The Hall–Kier alpha value is -3.20. The predicted molar refractivity (Wildman–Crippen MR) is 103 cm³/mol. The van der Waals surface area contributed by atoms with Crippen molar-refractivity contribution in [2.45, 2.75) is 32.7 Å². The van der Waals surface area contributed by atoms with Gasteiger partial charge in [0.05, 0.1) is 6.20 Å². The van der Waals surface area contributed by atoms with E-state index in [1.807, 2.05) is 37.6 Å². The zero-order valence-electron chi connectivity index (χ0n) is 15.9. The topological polar surface area (TPSA) is 114 Å². The van der Waals surface area contributed by atoms with E-state index < -0.39 is 15.9 Å². The number of nitrogens with one attached hydrogen (secondary N) is 2. The lowest BCUT2D eigenvalue weighted by atomic mass is 10.1. The average Bonchev–Trinajstić information content (AvgIpc) is 3.13. The molecule has 3 aromatic rings. The highest BCUT2D eigenvalue weighted by Gasteiger charge is 2.24. The summed E-state index contributed by atoms with van der Waals surface area (Å²) in [5, 5.41) is 5.69. The van der Waals surface area contributed by atoms with Crippen molar-refractivity contribution in [2.75, 3.05) is 0 Å². The Morgan fingerprint density at radius 2 is 1.75 bits per heavy atom. The molecule has 0 aliphatic rings. The highest BCUT2D eigenvalue weighted by atomic mass is 32.2. The van der Waals surface area contributed by atoms with Crippen molar-refractivity contribution in [3.05, 3.63) is 64.5 Å². The van der Waals surface area contributed by atoms with E-state index in [2.05, 4.69) is 15.2 Å². The second-order valence-electron chi connectivity index (χ2n) is 6.49. The van der Waals surface area contributed by atoms with E-state index in [0.29, 0.717) is 11.4 Å². The molecule has 146 valence electrons. The Labute approximate surface area is 163 Å². The highest BCUT2D eigenvalue weighted by Crippen LogP contribution is 2.31. The van der Waals surface area contributed by atoms with Crippen LogP contribution in [-0.2, 0) is 10.0 Å². The number of aryl methyl sites for hydroxylation is 4. The molecule has 1 aromatic carbocycles. The molecule has 3 rings (SSSR count). The molecule has 1 amide bonds. The molecule has 0 unspecified atom stereocenters. The molecule has 28 heavy (non-hydrogen) atoms. The van der Waals surface area contributed by atoms with E-state index in [-0.39, 0.29) is 16.5 Å². The van der Waals surface area contributed by atoms with Crippen LogP contribution in [0, 0.1) is 27.7 Å². The minimum absolute atomic E-state index is 0.00747. The van der Waals surface area contributed by atoms with Crippen molar-refractivity contribution >= 4 is 15.9 Å². The Bertz CT molecular complexity index is 1120. The number of carbonyl (C=O) groups is 1. The number of benzene rings is 1. The van der Waals surface area contributed by atoms with E-state index in [4.69, 9.17) is 4.74 Å². The number of ether oxygens (including phenoxy) is 1.